The fourth-order valence-corrected chi connectivity index (χ4v) is 1.51. The molecule has 0 aliphatic rings. The number of benzene rings is 1. The monoisotopic (exact) mass is 299 g/mol. The number of nitrogens with two attached hydrogens (primary N) is 1. The molecule has 0 aliphatic heterocycles. The van der Waals surface area contributed by atoms with E-state index in [2.05, 4.69) is 10.6 Å². The number of carbonyl (C=O) groups excluding carboxylic acids is 2. The van der Waals surface area contributed by atoms with Crippen LogP contribution in [0.2, 0.25) is 0 Å². The molecule has 0 aromatic heterocycles. The fraction of sp³-hybridized carbons (Fsp3) is 0.429. The first-order valence-corrected chi connectivity index (χ1v) is 6.60. The summed E-state index contributed by atoms with van der Waals surface area (Å²) in [5.41, 5.74) is 4.31. The molecule has 0 saturated carbocycles. The number of hydrogen-bond acceptors (Lipinski definition) is 3. The van der Waals surface area contributed by atoms with Gasteiger partial charge >= 0.3 is 0 Å². The summed E-state index contributed by atoms with van der Waals surface area (Å²) in [6.07, 6.45) is 0.0956. The Balaban J connectivity index is 2.46. The zero-order valence-electron chi connectivity index (χ0n) is 12.0. The normalized spacial score (nSPS) is 10.5. The smallest absolute Gasteiger partial charge is 0.251 e. The highest BCUT2D eigenvalue weighted by Crippen LogP contribution is 2.17. The lowest BCUT2D eigenvalue weighted by Gasteiger charge is -2.09. The van der Waals surface area contributed by atoms with Crippen molar-refractivity contribution in [3.8, 4) is 0 Å². The Morgan fingerprint density at radius 2 is 1.76 bits per heavy atom. The summed E-state index contributed by atoms with van der Waals surface area (Å²) < 4.78 is 26.4. The summed E-state index contributed by atoms with van der Waals surface area (Å²) in [4.78, 5) is 23.1. The van der Waals surface area contributed by atoms with Crippen LogP contribution in [0.1, 0.15) is 30.6 Å². The van der Waals surface area contributed by atoms with E-state index in [4.69, 9.17) is 5.73 Å². The molecule has 0 aliphatic carbocycles. The van der Waals surface area contributed by atoms with Crippen LogP contribution >= 0.6 is 0 Å². The van der Waals surface area contributed by atoms with Crippen molar-refractivity contribution < 1.29 is 18.4 Å². The molecule has 21 heavy (non-hydrogen) atoms. The van der Waals surface area contributed by atoms with Gasteiger partial charge < -0.3 is 16.4 Å². The summed E-state index contributed by atoms with van der Waals surface area (Å²) >= 11 is 0. The highest BCUT2D eigenvalue weighted by atomic mass is 19.1. The Bertz CT molecular complexity index is 510. The lowest BCUT2D eigenvalue weighted by molar-refractivity contribution is -0.121. The number of halogens is 2. The molecular weight excluding hydrogens is 280 g/mol. The average molecular weight is 299 g/mol. The van der Waals surface area contributed by atoms with E-state index in [1.807, 2.05) is 13.8 Å². The quantitative estimate of drug-likeness (QED) is 0.695. The molecule has 0 heterocycles. The van der Waals surface area contributed by atoms with Crippen LogP contribution in [0, 0.1) is 17.6 Å². The van der Waals surface area contributed by atoms with Gasteiger partial charge in [-0.05, 0) is 18.1 Å². The number of hydrogen-bond donors (Lipinski definition) is 3. The van der Waals surface area contributed by atoms with Gasteiger partial charge in [0.2, 0.25) is 5.91 Å². The van der Waals surface area contributed by atoms with E-state index in [1.54, 1.807) is 0 Å². The van der Waals surface area contributed by atoms with Crippen molar-refractivity contribution in [2.75, 3.05) is 18.8 Å². The van der Waals surface area contributed by atoms with E-state index in [0.717, 1.165) is 12.1 Å². The second kappa shape index (κ2) is 7.56. The van der Waals surface area contributed by atoms with Crippen LogP contribution in [0.5, 0.6) is 0 Å². The first kappa shape index (κ1) is 16.9. The summed E-state index contributed by atoms with van der Waals surface area (Å²) in [6.45, 7) is 4.57. The van der Waals surface area contributed by atoms with Crippen molar-refractivity contribution in [2.45, 2.75) is 20.3 Å². The Morgan fingerprint density at radius 1 is 1.19 bits per heavy atom. The second-order valence-electron chi connectivity index (χ2n) is 5.06. The molecule has 5 nitrogen and oxygen atoms in total. The van der Waals surface area contributed by atoms with Crippen molar-refractivity contribution in [1.29, 1.82) is 0 Å². The first-order valence-electron chi connectivity index (χ1n) is 6.60. The largest absolute Gasteiger partial charge is 0.394 e. The molecule has 1 aromatic carbocycles. The molecular formula is C14H19F2N3O2. The van der Waals surface area contributed by atoms with Crippen LogP contribution in [0.15, 0.2) is 12.1 Å². The van der Waals surface area contributed by atoms with Crippen LogP contribution in [0.3, 0.4) is 0 Å². The lowest BCUT2D eigenvalue weighted by atomic mass is 10.1. The minimum Gasteiger partial charge on any atom is -0.394 e. The van der Waals surface area contributed by atoms with Gasteiger partial charge in [-0.1, -0.05) is 13.8 Å². The maximum Gasteiger partial charge on any atom is 0.251 e. The third kappa shape index (κ3) is 5.37. The van der Waals surface area contributed by atoms with E-state index >= 15 is 0 Å². The maximum atomic E-state index is 13.2. The van der Waals surface area contributed by atoms with Crippen molar-refractivity contribution in [2.24, 2.45) is 5.92 Å². The van der Waals surface area contributed by atoms with E-state index in [9.17, 15) is 18.4 Å². The minimum absolute atomic E-state index is 0.0797. The summed E-state index contributed by atoms with van der Waals surface area (Å²) in [7, 11) is 0. The third-order valence-corrected chi connectivity index (χ3v) is 2.69. The number of carbonyl (C=O) groups is 2. The van der Waals surface area contributed by atoms with Gasteiger partial charge in [0.15, 0.2) is 0 Å². The van der Waals surface area contributed by atoms with Gasteiger partial charge in [0.1, 0.15) is 17.3 Å². The Kier molecular flexibility index (Phi) is 6.08. The topological polar surface area (TPSA) is 84.2 Å². The number of amides is 2. The van der Waals surface area contributed by atoms with Gasteiger partial charge in [-0.15, -0.1) is 0 Å². The van der Waals surface area contributed by atoms with Crippen LogP contribution in [0.4, 0.5) is 14.5 Å². The number of rotatable bonds is 6. The van der Waals surface area contributed by atoms with Crippen molar-refractivity contribution >= 4 is 17.5 Å². The SMILES string of the molecule is CC(C)CNC(=O)CCNC(=O)c1cc(F)c(N)c(F)c1. The highest BCUT2D eigenvalue weighted by molar-refractivity contribution is 5.94. The molecule has 7 heteroatoms. The molecule has 1 aromatic rings. The predicted molar refractivity (Wildman–Crippen MR) is 75.6 cm³/mol. The Hall–Kier alpha value is -2.18. The standard InChI is InChI=1S/C14H19F2N3O2/c1-8(2)7-19-12(20)3-4-18-14(21)9-5-10(15)13(17)11(16)6-9/h5-6,8H,3-4,7,17H2,1-2H3,(H,18,21)(H,19,20). The van der Waals surface area contributed by atoms with Gasteiger partial charge in [-0.2, -0.15) is 0 Å². The zero-order chi connectivity index (χ0) is 16.0. The van der Waals surface area contributed by atoms with Crippen LogP contribution in [0.25, 0.3) is 0 Å². The molecule has 0 radical (unpaired) electrons. The fourth-order valence-electron chi connectivity index (χ4n) is 1.51. The Labute approximate surface area is 121 Å². The molecule has 0 saturated heterocycles. The average Bonchev–Trinajstić information content (AvgIpc) is 2.41. The Morgan fingerprint density at radius 3 is 2.29 bits per heavy atom. The van der Waals surface area contributed by atoms with Crippen LogP contribution < -0.4 is 16.4 Å². The van der Waals surface area contributed by atoms with E-state index < -0.39 is 23.2 Å². The molecule has 0 fully saturated rings. The lowest BCUT2D eigenvalue weighted by Crippen LogP contribution is -2.32. The van der Waals surface area contributed by atoms with E-state index in [0.29, 0.717) is 12.5 Å². The van der Waals surface area contributed by atoms with Gasteiger partial charge in [-0.25, -0.2) is 8.78 Å². The highest BCUT2D eigenvalue weighted by Gasteiger charge is 2.13. The molecule has 0 unspecified atom stereocenters. The second-order valence-corrected chi connectivity index (χ2v) is 5.06. The summed E-state index contributed by atoms with van der Waals surface area (Å²) in [5, 5.41) is 5.11. The molecule has 0 spiro atoms. The molecule has 2 amide bonds. The number of anilines is 1. The molecule has 4 N–H and O–H groups in total. The molecule has 0 bridgehead atoms. The number of nitrogen functional groups attached to an aromatic ring is 1. The van der Waals surface area contributed by atoms with Crippen molar-refractivity contribution in [3.63, 3.8) is 0 Å². The zero-order valence-corrected chi connectivity index (χ0v) is 12.0. The van der Waals surface area contributed by atoms with Gasteiger partial charge in [0.25, 0.3) is 5.91 Å². The van der Waals surface area contributed by atoms with Crippen LogP contribution in [-0.4, -0.2) is 24.9 Å². The van der Waals surface area contributed by atoms with Crippen molar-refractivity contribution in [1.82, 2.24) is 10.6 Å². The van der Waals surface area contributed by atoms with Gasteiger partial charge in [0.05, 0.1) is 0 Å². The van der Waals surface area contributed by atoms with Crippen molar-refractivity contribution in [3.05, 3.63) is 29.3 Å². The van der Waals surface area contributed by atoms with Gasteiger partial charge in [0, 0.05) is 25.1 Å². The minimum atomic E-state index is -0.991. The molecule has 0 atom stereocenters. The summed E-state index contributed by atoms with van der Waals surface area (Å²) in [6, 6.07) is 1.71. The predicted octanol–water partition coefficient (Wildman–Crippen LogP) is 1.44. The summed E-state index contributed by atoms with van der Waals surface area (Å²) in [5.74, 6) is -2.50. The molecule has 116 valence electrons. The number of nitrogens with one attached hydrogen (secondary N) is 2. The van der Waals surface area contributed by atoms with E-state index in [1.165, 1.54) is 0 Å². The van der Waals surface area contributed by atoms with Crippen LogP contribution in [-0.2, 0) is 4.79 Å². The van der Waals surface area contributed by atoms with Gasteiger partial charge in [-0.3, -0.25) is 9.59 Å². The van der Waals surface area contributed by atoms with E-state index in [-0.39, 0.29) is 24.4 Å². The maximum absolute atomic E-state index is 13.2. The third-order valence-electron chi connectivity index (χ3n) is 2.69. The molecule has 1 rings (SSSR count). The first-order chi connectivity index (χ1) is 9.81.